The normalized spacial score (nSPS) is 11.3. The van der Waals surface area contributed by atoms with E-state index in [1.807, 2.05) is 0 Å². The summed E-state index contributed by atoms with van der Waals surface area (Å²) in [6.07, 6.45) is 3.91. The van der Waals surface area contributed by atoms with E-state index in [0.717, 1.165) is 0 Å². The fourth-order valence-electron chi connectivity index (χ4n) is 1.25. The molecule has 0 unspecified atom stereocenters. The van der Waals surface area contributed by atoms with Crippen LogP contribution in [0.1, 0.15) is 0 Å². The van der Waals surface area contributed by atoms with Crippen molar-refractivity contribution in [1.82, 2.24) is 15.0 Å². The molecule has 0 bridgehead atoms. The molecule has 2 rings (SSSR count). The molecule has 0 fully saturated rings. The first kappa shape index (κ1) is 10.7. The summed E-state index contributed by atoms with van der Waals surface area (Å²) < 4.78 is 22.7. The second kappa shape index (κ2) is 3.97. The molecule has 16 heavy (non-hydrogen) atoms. The average molecular weight is 235 g/mol. The Labute approximate surface area is 93.1 Å². The molecule has 0 N–H and O–H groups in total. The molecule has 0 atom stereocenters. The number of hydrogen-bond donors (Lipinski definition) is 0. The quantitative estimate of drug-likeness (QED) is 0.774. The monoisotopic (exact) mass is 235 g/mol. The van der Waals surface area contributed by atoms with Crippen LogP contribution in [0.2, 0.25) is 0 Å². The maximum absolute atomic E-state index is 11.4. The second-order valence-electron chi connectivity index (χ2n) is 3.26. The molecule has 2 aromatic rings. The van der Waals surface area contributed by atoms with Crippen molar-refractivity contribution in [1.29, 1.82) is 0 Å². The molecular formula is C10H9N3O2S. The molecule has 0 radical (unpaired) electrons. The van der Waals surface area contributed by atoms with Gasteiger partial charge in [0.05, 0.1) is 4.90 Å². The van der Waals surface area contributed by atoms with Crippen molar-refractivity contribution in [2.45, 2.75) is 4.90 Å². The van der Waals surface area contributed by atoms with E-state index in [4.69, 9.17) is 0 Å². The van der Waals surface area contributed by atoms with Gasteiger partial charge in [-0.25, -0.2) is 23.4 Å². The van der Waals surface area contributed by atoms with Gasteiger partial charge in [-0.15, -0.1) is 0 Å². The maximum Gasteiger partial charge on any atom is 0.175 e. The topological polar surface area (TPSA) is 72.8 Å². The summed E-state index contributed by atoms with van der Waals surface area (Å²) in [5.74, 6) is 0.459. The fourth-order valence-corrected chi connectivity index (χ4v) is 1.92. The lowest BCUT2D eigenvalue weighted by atomic mass is 10.2. The summed E-state index contributed by atoms with van der Waals surface area (Å²) >= 11 is 0. The third kappa shape index (κ3) is 2.22. The molecule has 1 aromatic heterocycles. The zero-order valence-corrected chi connectivity index (χ0v) is 9.35. The Morgan fingerprint density at radius 2 is 1.81 bits per heavy atom. The van der Waals surface area contributed by atoms with E-state index in [2.05, 4.69) is 15.0 Å². The molecule has 0 aliphatic rings. The largest absolute Gasteiger partial charge is 0.225 e. The lowest BCUT2D eigenvalue weighted by Crippen LogP contribution is -1.97. The van der Waals surface area contributed by atoms with Crippen LogP contribution in [0.4, 0.5) is 0 Å². The summed E-state index contributed by atoms with van der Waals surface area (Å²) in [5.41, 5.74) is 0.658. The number of nitrogens with zero attached hydrogens (tertiary/aromatic N) is 3. The van der Waals surface area contributed by atoms with Crippen molar-refractivity contribution < 1.29 is 8.42 Å². The molecule has 1 aromatic carbocycles. The minimum atomic E-state index is -3.20. The fraction of sp³-hybridized carbons (Fsp3) is 0.100. The lowest BCUT2D eigenvalue weighted by molar-refractivity contribution is 0.602. The number of hydrogen-bond acceptors (Lipinski definition) is 5. The Morgan fingerprint density at radius 1 is 1.12 bits per heavy atom. The molecule has 0 aliphatic heterocycles. The third-order valence-corrected chi connectivity index (χ3v) is 3.12. The van der Waals surface area contributed by atoms with Crippen molar-refractivity contribution in [3.63, 3.8) is 0 Å². The Kier molecular flexibility index (Phi) is 2.66. The van der Waals surface area contributed by atoms with Gasteiger partial charge < -0.3 is 0 Å². The van der Waals surface area contributed by atoms with Crippen molar-refractivity contribution >= 4 is 9.84 Å². The van der Waals surface area contributed by atoms with Gasteiger partial charge in [-0.3, -0.25) is 0 Å². The smallest absolute Gasteiger partial charge is 0.175 e. The van der Waals surface area contributed by atoms with E-state index in [1.165, 1.54) is 18.9 Å². The average Bonchev–Trinajstić information content (AvgIpc) is 2.29. The zero-order valence-electron chi connectivity index (χ0n) is 8.53. The zero-order chi connectivity index (χ0) is 11.6. The van der Waals surface area contributed by atoms with Gasteiger partial charge in [-0.1, -0.05) is 12.1 Å². The number of benzene rings is 1. The highest BCUT2D eigenvalue weighted by atomic mass is 32.2. The highest BCUT2D eigenvalue weighted by Gasteiger charge is 2.08. The van der Waals surface area contributed by atoms with Crippen LogP contribution in [-0.2, 0) is 9.84 Å². The Hall–Kier alpha value is -1.82. The van der Waals surface area contributed by atoms with Crippen molar-refractivity contribution in [3.8, 4) is 11.4 Å². The van der Waals surface area contributed by atoms with Gasteiger partial charge in [0.25, 0.3) is 0 Å². The lowest BCUT2D eigenvalue weighted by Gasteiger charge is -2.01. The summed E-state index contributed by atoms with van der Waals surface area (Å²) in [4.78, 5) is 11.9. The minimum Gasteiger partial charge on any atom is -0.225 e. The predicted molar refractivity (Wildman–Crippen MR) is 58.4 cm³/mol. The molecular weight excluding hydrogens is 226 g/mol. The number of rotatable bonds is 2. The molecule has 5 nitrogen and oxygen atoms in total. The van der Waals surface area contributed by atoms with Crippen LogP contribution < -0.4 is 0 Å². The van der Waals surface area contributed by atoms with Crippen LogP contribution >= 0.6 is 0 Å². The van der Waals surface area contributed by atoms with E-state index >= 15 is 0 Å². The van der Waals surface area contributed by atoms with Gasteiger partial charge >= 0.3 is 0 Å². The van der Waals surface area contributed by atoms with Crippen molar-refractivity contribution in [2.24, 2.45) is 0 Å². The van der Waals surface area contributed by atoms with Gasteiger partial charge in [-0.05, 0) is 12.1 Å². The van der Waals surface area contributed by atoms with Crippen LogP contribution in [0.5, 0.6) is 0 Å². The standard InChI is InChI=1S/C10H9N3O2S/c1-16(14,15)9-4-2-3-8(5-9)10-12-6-11-7-13-10/h2-7H,1H3. The Balaban J connectivity index is 2.53. The van der Waals surface area contributed by atoms with E-state index in [1.54, 1.807) is 24.3 Å². The van der Waals surface area contributed by atoms with E-state index in [0.29, 0.717) is 11.4 Å². The second-order valence-corrected chi connectivity index (χ2v) is 5.28. The van der Waals surface area contributed by atoms with Gasteiger partial charge in [-0.2, -0.15) is 0 Å². The molecule has 82 valence electrons. The van der Waals surface area contributed by atoms with Gasteiger partial charge in [0.2, 0.25) is 0 Å². The molecule has 0 spiro atoms. The highest BCUT2D eigenvalue weighted by Crippen LogP contribution is 2.18. The number of sulfone groups is 1. The molecule has 1 heterocycles. The van der Waals surface area contributed by atoms with Crippen LogP contribution in [0.3, 0.4) is 0 Å². The molecule has 0 aliphatic carbocycles. The van der Waals surface area contributed by atoms with Gasteiger partial charge in [0.1, 0.15) is 12.7 Å². The Bertz CT molecular complexity index is 596. The van der Waals surface area contributed by atoms with Crippen LogP contribution in [-0.4, -0.2) is 29.6 Å². The van der Waals surface area contributed by atoms with Crippen LogP contribution in [0.15, 0.2) is 41.8 Å². The van der Waals surface area contributed by atoms with Crippen LogP contribution in [0.25, 0.3) is 11.4 Å². The predicted octanol–water partition coefficient (Wildman–Crippen LogP) is 0.942. The highest BCUT2D eigenvalue weighted by molar-refractivity contribution is 7.90. The molecule has 0 saturated carbocycles. The first-order valence-corrected chi connectivity index (χ1v) is 6.39. The van der Waals surface area contributed by atoms with Gasteiger partial charge in [0.15, 0.2) is 15.7 Å². The van der Waals surface area contributed by atoms with E-state index in [9.17, 15) is 8.42 Å². The van der Waals surface area contributed by atoms with Crippen molar-refractivity contribution in [3.05, 3.63) is 36.9 Å². The minimum absolute atomic E-state index is 0.255. The van der Waals surface area contributed by atoms with Crippen LogP contribution in [0, 0.1) is 0 Å². The SMILES string of the molecule is CS(=O)(=O)c1cccc(-c2ncncn2)c1. The van der Waals surface area contributed by atoms with Gasteiger partial charge in [0, 0.05) is 11.8 Å². The molecule has 6 heteroatoms. The number of aromatic nitrogens is 3. The summed E-state index contributed by atoms with van der Waals surface area (Å²) in [6.45, 7) is 0. The summed E-state index contributed by atoms with van der Waals surface area (Å²) in [5, 5.41) is 0. The summed E-state index contributed by atoms with van der Waals surface area (Å²) in [7, 11) is -3.20. The maximum atomic E-state index is 11.4. The van der Waals surface area contributed by atoms with E-state index in [-0.39, 0.29) is 4.90 Å². The van der Waals surface area contributed by atoms with Crippen molar-refractivity contribution in [2.75, 3.05) is 6.26 Å². The Morgan fingerprint density at radius 3 is 2.44 bits per heavy atom. The van der Waals surface area contributed by atoms with E-state index < -0.39 is 9.84 Å². The first-order chi connectivity index (χ1) is 7.57. The first-order valence-electron chi connectivity index (χ1n) is 4.50. The molecule has 0 amide bonds. The summed E-state index contributed by atoms with van der Waals surface area (Å²) in [6, 6.07) is 6.50. The third-order valence-electron chi connectivity index (χ3n) is 2.01. The molecule has 0 saturated heterocycles.